The van der Waals surface area contributed by atoms with Crippen LogP contribution in [0.4, 0.5) is 0 Å². The summed E-state index contributed by atoms with van der Waals surface area (Å²) in [6, 6.07) is 15.6. The molecule has 0 aliphatic heterocycles. The summed E-state index contributed by atoms with van der Waals surface area (Å²) in [4.78, 5) is 16.8. The molecule has 0 saturated carbocycles. The van der Waals surface area contributed by atoms with Crippen molar-refractivity contribution in [3.63, 3.8) is 0 Å². The Morgan fingerprint density at radius 3 is 2.70 bits per heavy atom. The molecule has 0 aliphatic carbocycles. The van der Waals surface area contributed by atoms with Crippen LogP contribution >= 0.6 is 11.8 Å². The third-order valence-electron chi connectivity index (χ3n) is 4.12. The van der Waals surface area contributed by atoms with Gasteiger partial charge in [0.05, 0.1) is 6.61 Å². The molecule has 0 unspecified atom stereocenters. The third kappa shape index (κ3) is 4.99. The van der Waals surface area contributed by atoms with Gasteiger partial charge in [-0.15, -0.1) is 0 Å². The van der Waals surface area contributed by atoms with Crippen LogP contribution in [0.5, 0.6) is 0 Å². The fourth-order valence-electron chi connectivity index (χ4n) is 2.69. The molecule has 1 aromatic heterocycles. The van der Waals surface area contributed by atoms with Gasteiger partial charge in [-0.05, 0) is 42.5 Å². The average molecular weight is 382 g/mol. The molecule has 0 atom stereocenters. The monoisotopic (exact) mass is 381 g/mol. The van der Waals surface area contributed by atoms with Gasteiger partial charge in [-0.3, -0.25) is 9.36 Å². The van der Waals surface area contributed by atoms with E-state index in [0.29, 0.717) is 25.3 Å². The number of nitrogens with one attached hydrogen (secondary N) is 1. The largest absolute Gasteiger partial charge is 0.377 e. The van der Waals surface area contributed by atoms with E-state index in [1.165, 1.54) is 0 Å². The van der Waals surface area contributed by atoms with Gasteiger partial charge in [0, 0.05) is 36.8 Å². The highest BCUT2D eigenvalue weighted by Crippen LogP contribution is 2.19. The van der Waals surface area contributed by atoms with E-state index in [-0.39, 0.29) is 5.91 Å². The number of benzene rings is 2. The van der Waals surface area contributed by atoms with Crippen LogP contribution in [-0.4, -0.2) is 28.3 Å². The zero-order chi connectivity index (χ0) is 19.1. The molecule has 1 amide bonds. The number of hydrogen-bond acceptors (Lipinski definition) is 4. The molecule has 140 valence electrons. The number of imidazole rings is 1. The van der Waals surface area contributed by atoms with Gasteiger partial charge in [-0.2, -0.15) is 0 Å². The van der Waals surface area contributed by atoms with Gasteiger partial charge >= 0.3 is 0 Å². The molecule has 0 spiro atoms. The molecular weight excluding hydrogens is 358 g/mol. The van der Waals surface area contributed by atoms with E-state index in [0.717, 1.165) is 22.0 Å². The highest BCUT2D eigenvalue weighted by molar-refractivity contribution is 7.98. The van der Waals surface area contributed by atoms with E-state index in [9.17, 15) is 4.79 Å². The number of rotatable bonds is 8. The van der Waals surface area contributed by atoms with Gasteiger partial charge in [0.2, 0.25) is 0 Å². The van der Waals surface area contributed by atoms with Crippen molar-refractivity contribution in [3.8, 4) is 5.69 Å². The highest BCUT2D eigenvalue weighted by atomic mass is 32.2. The molecule has 3 aromatic rings. The highest BCUT2D eigenvalue weighted by Gasteiger charge is 2.09. The van der Waals surface area contributed by atoms with Crippen molar-refractivity contribution in [3.05, 3.63) is 77.6 Å². The van der Waals surface area contributed by atoms with Gasteiger partial charge in [0.15, 0.2) is 5.16 Å². The summed E-state index contributed by atoms with van der Waals surface area (Å²) in [7, 11) is 0. The zero-order valence-electron chi connectivity index (χ0n) is 15.5. The SMILES string of the molecule is CCOCc1ccc(CNC(=O)c2cccc(-n3ccnc3SC)c2)cc1. The average Bonchev–Trinajstić information content (AvgIpc) is 3.20. The van der Waals surface area contributed by atoms with E-state index >= 15 is 0 Å². The molecule has 2 aromatic carbocycles. The minimum absolute atomic E-state index is 0.0962. The number of aromatic nitrogens is 2. The number of ether oxygens (including phenoxy) is 1. The molecule has 0 saturated heterocycles. The van der Waals surface area contributed by atoms with Gasteiger partial charge in [-0.1, -0.05) is 42.1 Å². The van der Waals surface area contributed by atoms with Crippen molar-refractivity contribution in [2.24, 2.45) is 0 Å². The van der Waals surface area contributed by atoms with Crippen LogP contribution in [0.15, 0.2) is 66.1 Å². The topological polar surface area (TPSA) is 56.1 Å². The van der Waals surface area contributed by atoms with E-state index in [1.807, 2.05) is 72.5 Å². The molecule has 0 fully saturated rings. The first kappa shape index (κ1) is 19.2. The predicted molar refractivity (Wildman–Crippen MR) is 108 cm³/mol. The molecule has 6 heteroatoms. The summed E-state index contributed by atoms with van der Waals surface area (Å²) in [6.07, 6.45) is 5.63. The minimum atomic E-state index is -0.0962. The Hall–Kier alpha value is -2.57. The summed E-state index contributed by atoms with van der Waals surface area (Å²) in [5, 5.41) is 3.87. The van der Waals surface area contributed by atoms with Crippen molar-refractivity contribution in [1.82, 2.24) is 14.9 Å². The van der Waals surface area contributed by atoms with Crippen molar-refractivity contribution in [2.75, 3.05) is 12.9 Å². The lowest BCUT2D eigenvalue weighted by Gasteiger charge is -2.10. The normalized spacial score (nSPS) is 10.7. The fraction of sp³-hybridized carbons (Fsp3) is 0.238. The molecule has 0 bridgehead atoms. The van der Waals surface area contributed by atoms with Crippen molar-refractivity contribution >= 4 is 17.7 Å². The van der Waals surface area contributed by atoms with E-state index in [4.69, 9.17) is 4.74 Å². The fourth-order valence-corrected chi connectivity index (χ4v) is 3.22. The Bertz CT molecular complexity index is 890. The van der Waals surface area contributed by atoms with Crippen molar-refractivity contribution in [1.29, 1.82) is 0 Å². The maximum absolute atomic E-state index is 12.5. The zero-order valence-corrected chi connectivity index (χ0v) is 16.3. The van der Waals surface area contributed by atoms with E-state index < -0.39 is 0 Å². The Morgan fingerprint density at radius 2 is 1.96 bits per heavy atom. The number of carbonyl (C=O) groups excluding carboxylic acids is 1. The summed E-state index contributed by atoms with van der Waals surface area (Å²) < 4.78 is 7.37. The Kier molecular flexibility index (Phi) is 6.68. The molecule has 5 nitrogen and oxygen atoms in total. The van der Waals surface area contributed by atoms with Crippen LogP contribution in [0, 0.1) is 0 Å². The first-order valence-corrected chi connectivity index (χ1v) is 10.0. The molecule has 0 aliphatic rings. The number of carbonyl (C=O) groups is 1. The maximum atomic E-state index is 12.5. The maximum Gasteiger partial charge on any atom is 0.251 e. The second kappa shape index (κ2) is 9.39. The van der Waals surface area contributed by atoms with Crippen LogP contribution in [0.3, 0.4) is 0 Å². The summed E-state index contributed by atoms with van der Waals surface area (Å²) in [5.41, 5.74) is 3.73. The molecule has 1 heterocycles. The Morgan fingerprint density at radius 1 is 1.19 bits per heavy atom. The molecule has 27 heavy (non-hydrogen) atoms. The van der Waals surface area contributed by atoms with Crippen LogP contribution in [0.25, 0.3) is 5.69 Å². The van der Waals surface area contributed by atoms with Gasteiger partial charge in [-0.25, -0.2) is 4.98 Å². The summed E-state index contributed by atoms with van der Waals surface area (Å²) >= 11 is 1.57. The second-order valence-electron chi connectivity index (χ2n) is 5.97. The lowest BCUT2D eigenvalue weighted by atomic mass is 10.1. The van der Waals surface area contributed by atoms with Crippen LogP contribution < -0.4 is 5.32 Å². The summed E-state index contributed by atoms with van der Waals surface area (Å²) in [6.45, 7) is 3.78. The number of nitrogens with zero attached hydrogens (tertiary/aromatic N) is 2. The molecule has 3 rings (SSSR count). The Labute approximate surface area is 163 Å². The third-order valence-corrected chi connectivity index (χ3v) is 4.79. The second-order valence-corrected chi connectivity index (χ2v) is 6.74. The standard InChI is InChI=1S/C21H23N3O2S/c1-3-26-15-17-9-7-16(8-10-17)14-23-20(25)18-5-4-6-19(13-18)24-12-11-22-21(24)27-2/h4-13H,3,14-15H2,1-2H3,(H,23,25). The van der Waals surface area contributed by atoms with Gasteiger partial charge in [0.1, 0.15) is 0 Å². The van der Waals surface area contributed by atoms with Crippen LogP contribution in [0.2, 0.25) is 0 Å². The lowest BCUT2D eigenvalue weighted by Crippen LogP contribution is -2.22. The van der Waals surface area contributed by atoms with Crippen molar-refractivity contribution in [2.45, 2.75) is 25.2 Å². The molecular formula is C21H23N3O2S. The number of hydrogen-bond donors (Lipinski definition) is 1. The van der Waals surface area contributed by atoms with Gasteiger partial charge in [0.25, 0.3) is 5.91 Å². The Balaban J connectivity index is 1.64. The van der Waals surface area contributed by atoms with E-state index in [2.05, 4.69) is 10.3 Å². The van der Waals surface area contributed by atoms with Crippen molar-refractivity contribution < 1.29 is 9.53 Å². The first-order valence-electron chi connectivity index (χ1n) is 8.82. The summed E-state index contributed by atoms with van der Waals surface area (Å²) in [5.74, 6) is -0.0962. The number of thioether (sulfide) groups is 1. The smallest absolute Gasteiger partial charge is 0.251 e. The molecule has 1 N–H and O–H groups in total. The van der Waals surface area contributed by atoms with Crippen LogP contribution in [0.1, 0.15) is 28.4 Å². The van der Waals surface area contributed by atoms with Gasteiger partial charge < -0.3 is 10.1 Å². The van der Waals surface area contributed by atoms with Crippen LogP contribution in [-0.2, 0) is 17.9 Å². The van der Waals surface area contributed by atoms with E-state index in [1.54, 1.807) is 18.0 Å². The quantitative estimate of drug-likeness (QED) is 0.598. The number of amides is 1. The first-order chi connectivity index (χ1) is 13.2. The minimum Gasteiger partial charge on any atom is -0.377 e. The predicted octanol–water partition coefficient (Wildman–Crippen LogP) is 4.06. The lowest BCUT2D eigenvalue weighted by molar-refractivity contribution is 0.0951. The molecule has 0 radical (unpaired) electrons.